The fourth-order valence-electron chi connectivity index (χ4n) is 4.55. The predicted octanol–water partition coefficient (Wildman–Crippen LogP) is 5.01. The monoisotopic (exact) mass is 506 g/mol. The number of aliphatic hydroxyl groups is 1. The molecule has 0 aromatic heterocycles. The summed E-state index contributed by atoms with van der Waals surface area (Å²) < 4.78 is 17.4. The van der Waals surface area contributed by atoms with E-state index in [2.05, 4.69) is 0 Å². The van der Waals surface area contributed by atoms with Crippen molar-refractivity contribution in [1.29, 1.82) is 0 Å². The van der Waals surface area contributed by atoms with Gasteiger partial charge >= 0.3 is 5.97 Å². The van der Waals surface area contributed by atoms with Crippen LogP contribution in [0.1, 0.15) is 73.8 Å². The Morgan fingerprint density at radius 1 is 0.806 bits per heavy atom. The summed E-state index contributed by atoms with van der Waals surface area (Å²) in [6.45, 7) is 14.8. The third kappa shape index (κ3) is 8.70. The SMILES string of the molecule is CCC(=O)[C@@H](C)[C@@H](O)[C@@H](C)C(=O)O[C@@H]([C@@H](C)[C@@H](OCc1ccc(OC)cc1)C(C)C)[C@H](C)C(=O)CC. The standard InChI is InChI=1S/C29H46O7/c1-10-24(30)18(5)26(32)20(7)29(33)36-28(19(6)25(31)11-2)21(8)27(17(3)4)35-16-22-12-14-23(34-9)15-13-22/h12-15,17-21,26-28,32H,10-11,16H2,1-9H3/t18-,19-,20-,21+,26-,27+,28-/m1/s1. The van der Waals surface area contributed by atoms with E-state index in [-0.39, 0.29) is 35.9 Å². The Morgan fingerprint density at radius 3 is 1.81 bits per heavy atom. The van der Waals surface area contributed by atoms with Gasteiger partial charge in [-0.1, -0.05) is 60.6 Å². The van der Waals surface area contributed by atoms with E-state index < -0.39 is 35.9 Å². The van der Waals surface area contributed by atoms with Crippen molar-refractivity contribution < 1.29 is 33.7 Å². The molecule has 1 aromatic carbocycles. The molecule has 204 valence electrons. The van der Waals surface area contributed by atoms with E-state index in [1.54, 1.807) is 41.7 Å². The fraction of sp³-hybridized carbons (Fsp3) is 0.690. The summed E-state index contributed by atoms with van der Waals surface area (Å²) in [6, 6.07) is 7.61. The van der Waals surface area contributed by atoms with Crippen LogP contribution in [0.5, 0.6) is 5.75 Å². The Labute approximate surface area is 216 Å². The first-order chi connectivity index (χ1) is 16.9. The molecule has 0 aliphatic carbocycles. The number of aliphatic hydroxyl groups excluding tert-OH is 1. The van der Waals surface area contributed by atoms with Crippen molar-refractivity contribution >= 4 is 17.5 Å². The molecule has 0 spiro atoms. The first-order valence-electron chi connectivity index (χ1n) is 13.1. The highest BCUT2D eigenvalue weighted by atomic mass is 16.6. The molecule has 0 radical (unpaired) electrons. The van der Waals surface area contributed by atoms with Gasteiger partial charge in [-0.15, -0.1) is 0 Å². The molecule has 0 unspecified atom stereocenters. The summed E-state index contributed by atoms with van der Waals surface area (Å²) >= 11 is 0. The maximum atomic E-state index is 13.1. The molecular formula is C29H46O7. The molecule has 0 saturated carbocycles. The molecule has 0 fully saturated rings. The topological polar surface area (TPSA) is 99.1 Å². The smallest absolute Gasteiger partial charge is 0.311 e. The normalized spacial score (nSPS) is 17.4. The molecule has 0 aliphatic heterocycles. The van der Waals surface area contributed by atoms with Gasteiger partial charge in [-0.05, 0) is 30.5 Å². The molecule has 0 amide bonds. The van der Waals surface area contributed by atoms with Crippen LogP contribution >= 0.6 is 0 Å². The highest BCUT2D eigenvalue weighted by Crippen LogP contribution is 2.30. The van der Waals surface area contributed by atoms with Crippen LogP contribution in [0.2, 0.25) is 0 Å². The van der Waals surface area contributed by atoms with Crippen molar-refractivity contribution in [3.8, 4) is 5.75 Å². The number of carbonyl (C=O) groups is 3. The minimum atomic E-state index is -1.16. The van der Waals surface area contributed by atoms with Crippen LogP contribution in [0, 0.1) is 29.6 Å². The summed E-state index contributed by atoms with van der Waals surface area (Å²) in [5.41, 5.74) is 0.978. The van der Waals surface area contributed by atoms with Gasteiger partial charge in [0, 0.05) is 24.7 Å². The number of ether oxygens (including phenoxy) is 3. The van der Waals surface area contributed by atoms with Gasteiger partial charge in [0.05, 0.1) is 37.8 Å². The number of methoxy groups -OCH3 is 1. The molecule has 0 saturated heterocycles. The lowest BCUT2D eigenvalue weighted by Gasteiger charge is -2.36. The summed E-state index contributed by atoms with van der Waals surface area (Å²) in [7, 11) is 1.62. The summed E-state index contributed by atoms with van der Waals surface area (Å²) in [6.07, 6.45) is -1.59. The molecule has 7 atom stereocenters. The van der Waals surface area contributed by atoms with Gasteiger partial charge in [-0.2, -0.15) is 0 Å². The van der Waals surface area contributed by atoms with Gasteiger partial charge in [-0.25, -0.2) is 0 Å². The summed E-state index contributed by atoms with van der Waals surface area (Å²) in [5, 5.41) is 10.6. The van der Waals surface area contributed by atoms with Crippen LogP contribution in [0.3, 0.4) is 0 Å². The Morgan fingerprint density at radius 2 is 1.33 bits per heavy atom. The number of Topliss-reactive ketones (excluding diaryl/α,β-unsaturated/α-hetero) is 2. The van der Waals surface area contributed by atoms with Crippen molar-refractivity contribution in [1.82, 2.24) is 0 Å². The van der Waals surface area contributed by atoms with E-state index in [0.717, 1.165) is 11.3 Å². The van der Waals surface area contributed by atoms with Gasteiger partial charge in [0.2, 0.25) is 0 Å². The Bertz CT molecular complexity index is 833. The number of carbonyl (C=O) groups excluding carboxylic acids is 3. The van der Waals surface area contributed by atoms with E-state index >= 15 is 0 Å². The second kappa shape index (κ2) is 15.1. The Balaban J connectivity index is 3.11. The number of hydrogen-bond acceptors (Lipinski definition) is 7. The maximum absolute atomic E-state index is 13.1. The Hall–Kier alpha value is -2.25. The van der Waals surface area contributed by atoms with Crippen LogP contribution < -0.4 is 4.74 Å². The third-order valence-electron chi connectivity index (χ3n) is 7.15. The van der Waals surface area contributed by atoms with Crippen LogP contribution in [0.25, 0.3) is 0 Å². The zero-order valence-corrected chi connectivity index (χ0v) is 23.4. The quantitative estimate of drug-likeness (QED) is 0.315. The highest BCUT2D eigenvalue weighted by molar-refractivity contribution is 5.83. The largest absolute Gasteiger partial charge is 0.497 e. The van der Waals surface area contributed by atoms with Gasteiger partial charge in [0.15, 0.2) is 0 Å². The molecule has 1 aromatic rings. The second-order valence-corrected chi connectivity index (χ2v) is 10.1. The molecule has 1 N–H and O–H groups in total. The van der Waals surface area contributed by atoms with E-state index in [1.165, 1.54) is 0 Å². The lowest BCUT2D eigenvalue weighted by Crippen LogP contribution is -2.45. The highest BCUT2D eigenvalue weighted by Gasteiger charge is 2.39. The van der Waals surface area contributed by atoms with Gasteiger partial charge in [-0.3, -0.25) is 14.4 Å². The van der Waals surface area contributed by atoms with Crippen LogP contribution in [-0.2, 0) is 30.5 Å². The first-order valence-corrected chi connectivity index (χ1v) is 13.1. The van der Waals surface area contributed by atoms with Gasteiger partial charge < -0.3 is 19.3 Å². The van der Waals surface area contributed by atoms with E-state index in [1.807, 2.05) is 45.0 Å². The zero-order chi connectivity index (χ0) is 27.6. The van der Waals surface area contributed by atoms with Crippen molar-refractivity contribution in [2.45, 2.75) is 93.2 Å². The van der Waals surface area contributed by atoms with Crippen molar-refractivity contribution in [2.24, 2.45) is 29.6 Å². The first kappa shape index (κ1) is 31.8. The average molecular weight is 507 g/mol. The van der Waals surface area contributed by atoms with E-state index in [9.17, 15) is 19.5 Å². The molecule has 1 rings (SSSR count). The lowest BCUT2D eigenvalue weighted by molar-refractivity contribution is -0.171. The third-order valence-corrected chi connectivity index (χ3v) is 7.15. The average Bonchev–Trinajstić information content (AvgIpc) is 2.88. The van der Waals surface area contributed by atoms with Crippen LogP contribution in [0.15, 0.2) is 24.3 Å². The second-order valence-electron chi connectivity index (χ2n) is 10.1. The van der Waals surface area contributed by atoms with Crippen molar-refractivity contribution in [3.05, 3.63) is 29.8 Å². The molecular weight excluding hydrogens is 460 g/mol. The van der Waals surface area contributed by atoms with Gasteiger partial charge in [0.1, 0.15) is 23.4 Å². The van der Waals surface area contributed by atoms with E-state index in [0.29, 0.717) is 13.0 Å². The summed E-state index contributed by atoms with van der Waals surface area (Å²) in [5.74, 6) is -2.33. The Kier molecular flexibility index (Phi) is 13.3. The zero-order valence-electron chi connectivity index (χ0n) is 23.4. The molecule has 7 heteroatoms. The summed E-state index contributed by atoms with van der Waals surface area (Å²) in [4.78, 5) is 37.8. The molecule has 0 aliphatic rings. The fourth-order valence-corrected chi connectivity index (χ4v) is 4.55. The maximum Gasteiger partial charge on any atom is 0.311 e. The molecule has 7 nitrogen and oxygen atoms in total. The number of hydrogen-bond donors (Lipinski definition) is 1. The lowest BCUT2D eigenvalue weighted by atomic mass is 9.82. The van der Waals surface area contributed by atoms with Crippen molar-refractivity contribution in [2.75, 3.05) is 7.11 Å². The van der Waals surface area contributed by atoms with Crippen molar-refractivity contribution in [3.63, 3.8) is 0 Å². The number of ketones is 2. The minimum Gasteiger partial charge on any atom is -0.497 e. The molecule has 0 heterocycles. The molecule has 0 bridgehead atoms. The van der Waals surface area contributed by atoms with Crippen LogP contribution in [0.4, 0.5) is 0 Å². The number of rotatable bonds is 16. The van der Waals surface area contributed by atoms with Crippen LogP contribution in [-0.4, -0.2) is 48.1 Å². The molecule has 36 heavy (non-hydrogen) atoms. The number of esters is 1. The van der Waals surface area contributed by atoms with E-state index in [4.69, 9.17) is 14.2 Å². The predicted molar refractivity (Wildman–Crippen MR) is 140 cm³/mol. The minimum absolute atomic E-state index is 0.0139. The van der Waals surface area contributed by atoms with Gasteiger partial charge in [0.25, 0.3) is 0 Å². The number of benzene rings is 1.